The fraction of sp³-hybridized carbons (Fsp3) is 0.462. The van der Waals surface area contributed by atoms with Crippen molar-refractivity contribution in [3.63, 3.8) is 0 Å². The number of rotatable bonds is 6. The first-order valence-corrected chi connectivity index (χ1v) is 7.48. The highest BCUT2D eigenvalue weighted by Crippen LogP contribution is 2.25. The number of aromatic nitrogens is 2. The number of halogens is 3. The third-order valence-electron chi connectivity index (χ3n) is 2.86. The van der Waals surface area contributed by atoms with Crippen LogP contribution in [-0.4, -0.2) is 22.8 Å². The first kappa shape index (κ1) is 14.8. The fourth-order valence-corrected chi connectivity index (χ4v) is 2.53. The maximum Gasteiger partial charge on any atom is 0.139 e. The van der Waals surface area contributed by atoms with Crippen molar-refractivity contribution in [2.24, 2.45) is 0 Å². The third-order valence-corrected chi connectivity index (χ3v) is 3.71. The molecule has 0 aliphatic carbocycles. The number of ether oxygens (including phenoxy) is 1. The highest BCUT2D eigenvalue weighted by Gasteiger charge is 2.12. The van der Waals surface area contributed by atoms with Crippen LogP contribution in [0, 0.1) is 5.82 Å². The summed E-state index contributed by atoms with van der Waals surface area (Å²) in [5, 5.41) is 0. The average molecular weight is 350 g/mol. The summed E-state index contributed by atoms with van der Waals surface area (Å²) >= 11 is 9.07. The summed E-state index contributed by atoms with van der Waals surface area (Å²) in [7, 11) is 0. The third kappa shape index (κ3) is 3.27. The van der Waals surface area contributed by atoms with Crippen molar-refractivity contribution in [2.45, 2.75) is 25.8 Å². The zero-order valence-corrected chi connectivity index (χ0v) is 13.0. The van der Waals surface area contributed by atoms with Crippen LogP contribution in [0.1, 0.15) is 19.2 Å². The summed E-state index contributed by atoms with van der Waals surface area (Å²) in [6, 6.07) is 3.17. The van der Waals surface area contributed by atoms with Crippen LogP contribution in [-0.2, 0) is 17.2 Å². The lowest BCUT2D eigenvalue weighted by atomic mass is 10.3. The molecule has 0 amide bonds. The van der Waals surface area contributed by atoms with Gasteiger partial charge in [-0.05, 0) is 35.3 Å². The van der Waals surface area contributed by atoms with Crippen LogP contribution in [0.5, 0.6) is 0 Å². The minimum atomic E-state index is -0.292. The molecule has 1 aromatic heterocycles. The minimum absolute atomic E-state index is 0.292. The zero-order valence-electron chi connectivity index (χ0n) is 10.6. The Labute approximate surface area is 124 Å². The summed E-state index contributed by atoms with van der Waals surface area (Å²) in [6.07, 6.45) is 0.848. The van der Waals surface area contributed by atoms with Gasteiger partial charge in [-0.2, -0.15) is 0 Å². The van der Waals surface area contributed by atoms with Crippen LogP contribution in [0.3, 0.4) is 0 Å². The van der Waals surface area contributed by atoms with Gasteiger partial charge in [-0.3, -0.25) is 0 Å². The van der Waals surface area contributed by atoms with Crippen molar-refractivity contribution in [1.29, 1.82) is 0 Å². The van der Waals surface area contributed by atoms with Gasteiger partial charge in [-0.1, -0.05) is 0 Å². The SMILES string of the molecule is CCOCCCn1c(CCl)nc2cc(Br)c(F)cc21. The Morgan fingerprint density at radius 2 is 2.26 bits per heavy atom. The van der Waals surface area contributed by atoms with Gasteiger partial charge >= 0.3 is 0 Å². The summed E-state index contributed by atoms with van der Waals surface area (Å²) in [6.45, 7) is 4.06. The topological polar surface area (TPSA) is 27.1 Å². The molecular weight excluding hydrogens is 335 g/mol. The van der Waals surface area contributed by atoms with E-state index in [9.17, 15) is 4.39 Å². The number of imidazole rings is 1. The van der Waals surface area contributed by atoms with Crippen LogP contribution >= 0.6 is 27.5 Å². The van der Waals surface area contributed by atoms with Gasteiger partial charge in [0.05, 0.1) is 21.4 Å². The van der Waals surface area contributed by atoms with E-state index in [1.165, 1.54) is 6.07 Å². The van der Waals surface area contributed by atoms with E-state index in [0.29, 0.717) is 23.6 Å². The molecule has 104 valence electrons. The summed E-state index contributed by atoms with van der Waals surface area (Å²) in [4.78, 5) is 4.43. The highest BCUT2D eigenvalue weighted by atomic mass is 79.9. The molecule has 0 saturated carbocycles. The molecule has 1 aromatic carbocycles. The fourth-order valence-electron chi connectivity index (χ4n) is 1.99. The maximum absolute atomic E-state index is 13.6. The van der Waals surface area contributed by atoms with Crippen LogP contribution in [0.15, 0.2) is 16.6 Å². The second-order valence-corrected chi connectivity index (χ2v) is 5.24. The molecule has 0 aliphatic rings. The van der Waals surface area contributed by atoms with Crippen LogP contribution in [0.2, 0.25) is 0 Å². The smallest absolute Gasteiger partial charge is 0.139 e. The summed E-state index contributed by atoms with van der Waals surface area (Å²) in [5.41, 5.74) is 1.52. The Bertz CT molecular complexity index is 573. The first-order chi connectivity index (χ1) is 9.17. The Balaban J connectivity index is 2.31. The lowest BCUT2D eigenvalue weighted by molar-refractivity contribution is 0.142. The number of fused-ring (bicyclic) bond motifs is 1. The van der Waals surface area contributed by atoms with E-state index in [-0.39, 0.29) is 5.82 Å². The molecule has 0 unspecified atom stereocenters. The first-order valence-electron chi connectivity index (χ1n) is 6.15. The minimum Gasteiger partial charge on any atom is -0.382 e. The Hall–Kier alpha value is -0.650. The highest BCUT2D eigenvalue weighted by molar-refractivity contribution is 9.10. The van der Waals surface area contributed by atoms with Crippen molar-refractivity contribution in [3.05, 3.63) is 28.2 Å². The number of hydrogen-bond donors (Lipinski definition) is 0. The van der Waals surface area contributed by atoms with Gasteiger partial charge in [-0.15, -0.1) is 11.6 Å². The van der Waals surface area contributed by atoms with Crippen LogP contribution < -0.4 is 0 Å². The number of aryl methyl sites for hydroxylation is 1. The Morgan fingerprint density at radius 3 is 2.95 bits per heavy atom. The van der Waals surface area contributed by atoms with E-state index in [1.54, 1.807) is 6.07 Å². The molecule has 0 aliphatic heterocycles. The molecule has 0 fully saturated rings. The second kappa shape index (κ2) is 6.68. The van der Waals surface area contributed by atoms with Crippen molar-refractivity contribution >= 4 is 38.6 Å². The van der Waals surface area contributed by atoms with Gasteiger partial charge in [0.2, 0.25) is 0 Å². The van der Waals surface area contributed by atoms with E-state index < -0.39 is 0 Å². The molecule has 0 saturated heterocycles. The summed E-state index contributed by atoms with van der Waals surface area (Å²) in [5.74, 6) is 0.771. The van der Waals surface area contributed by atoms with Crippen molar-refractivity contribution in [2.75, 3.05) is 13.2 Å². The average Bonchev–Trinajstić information content (AvgIpc) is 2.73. The molecule has 0 N–H and O–H groups in total. The van der Waals surface area contributed by atoms with E-state index in [0.717, 1.165) is 29.8 Å². The number of benzene rings is 1. The van der Waals surface area contributed by atoms with Crippen LogP contribution in [0.25, 0.3) is 11.0 Å². The molecular formula is C13H15BrClFN2O. The van der Waals surface area contributed by atoms with Gasteiger partial charge in [0.1, 0.15) is 11.6 Å². The van der Waals surface area contributed by atoms with Crippen molar-refractivity contribution in [1.82, 2.24) is 9.55 Å². The van der Waals surface area contributed by atoms with E-state index in [2.05, 4.69) is 20.9 Å². The molecule has 6 heteroatoms. The maximum atomic E-state index is 13.6. The van der Waals surface area contributed by atoms with Gasteiger partial charge in [-0.25, -0.2) is 9.37 Å². The molecule has 0 radical (unpaired) electrons. The van der Waals surface area contributed by atoms with Crippen molar-refractivity contribution < 1.29 is 9.13 Å². The summed E-state index contributed by atoms with van der Waals surface area (Å²) < 4.78 is 21.3. The Morgan fingerprint density at radius 1 is 1.47 bits per heavy atom. The lowest BCUT2D eigenvalue weighted by Crippen LogP contribution is -2.05. The molecule has 3 nitrogen and oxygen atoms in total. The number of hydrogen-bond acceptors (Lipinski definition) is 2. The van der Waals surface area contributed by atoms with Gasteiger partial charge in [0, 0.05) is 25.8 Å². The van der Waals surface area contributed by atoms with E-state index in [4.69, 9.17) is 16.3 Å². The number of alkyl halides is 1. The van der Waals surface area contributed by atoms with Gasteiger partial charge < -0.3 is 9.30 Å². The second-order valence-electron chi connectivity index (χ2n) is 4.12. The van der Waals surface area contributed by atoms with E-state index >= 15 is 0 Å². The van der Waals surface area contributed by atoms with Crippen molar-refractivity contribution in [3.8, 4) is 0 Å². The monoisotopic (exact) mass is 348 g/mol. The molecule has 2 rings (SSSR count). The standard InChI is InChI=1S/C13H15BrClFN2O/c1-2-19-5-3-4-18-12-7-10(16)9(14)6-11(12)17-13(18)8-15/h6-7H,2-5,8H2,1H3. The molecule has 0 spiro atoms. The quantitative estimate of drug-likeness (QED) is 0.580. The molecule has 19 heavy (non-hydrogen) atoms. The predicted molar refractivity (Wildman–Crippen MR) is 78.1 cm³/mol. The van der Waals surface area contributed by atoms with E-state index in [1.807, 2.05) is 11.5 Å². The Kier molecular flexibility index (Phi) is 5.19. The van der Waals surface area contributed by atoms with Gasteiger partial charge in [0.25, 0.3) is 0 Å². The molecule has 0 atom stereocenters. The van der Waals surface area contributed by atoms with Crippen LogP contribution in [0.4, 0.5) is 4.39 Å². The normalized spacial score (nSPS) is 11.4. The molecule has 0 bridgehead atoms. The largest absolute Gasteiger partial charge is 0.382 e. The zero-order chi connectivity index (χ0) is 13.8. The molecule has 1 heterocycles. The van der Waals surface area contributed by atoms with Gasteiger partial charge in [0.15, 0.2) is 0 Å². The predicted octanol–water partition coefficient (Wildman–Crippen LogP) is 4.10. The number of nitrogens with zero attached hydrogens (tertiary/aromatic N) is 2. The molecule has 2 aromatic rings. The lowest BCUT2D eigenvalue weighted by Gasteiger charge is -2.08.